The molecule has 0 unspecified atom stereocenters. The molecule has 28 heavy (non-hydrogen) atoms. The van der Waals surface area contributed by atoms with Gasteiger partial charge in [0.1, 0.15) is 0 Å². The third kappa shape index (κ3) is 7.28. The Morgan fingerprint density at radius 3 is 2.32 bits per heavy atom. The van der Waals surface area contributed by atoms with Crippen LogP contribution in [0, 0.1) is 6.92 Å². The topological polar surface area (TPSA) is 114 Å². The molecule has 146 valence electrons. The van der Waals surface area contributed by atoms with E-state index in [4.69, 9.17) is 4.74 Å². The van der Waals surface area contributed by atoms with Crippen LogP contribution in [0.2, 0.25) is 0 Å². The van der Waals surface area contributed by atoms with Gasteiger partial charge < -0.3 is 10.1 Å². The monoisotopic (exact) mass is 383 g/mol. The predicted octanol–water partition coefficient (Wildman–Crippen LogP) is 1.72. The summed E-state index contributed by atoms with van der Waals surface area (Å²) in [5, 5.41) is 2.61. The predicted molar refractivity (Wildman–Crippen MR) is 102 cm³/mol. The van der Waals surface area contributed by atoms with E-state index in [0.717, 1.165) is 5.56 Å². The summed E-state index contributed by atoms with van der Waals surface area (Å²) in [6.07, 6.45) is -0.405. The SMILES string of the molecule is Cc1cccc(NC(=O)COC(=O)CCC(=O)NNC(=O)c2ccccc2)c1. The van der Waals surface area contributed by atoms with Gasteiger partial charge in [-0.05, 0) is 36.8 Å². The summed E-state index contributed by atoms with van der Waals surface area (Å²) in [4.78, 5) is 46.9. The molecule has 2 aromatic carbocycles. The van der Waals surface area contributed by atoms with Crippen molar-refractivity contribution < 1.29 is 23.9 Å². The first-order valence-electron chi connectivity index (χ1n) is 8.60. The van der Waals surface area contributed by atoms with Gasteiger partial charge in [-0.1, -0.05) is 30.3 Å². The summed E-state index contributed by atoms with van der Waals surface area (Å²) in [6, 6.07) is 15.6. The van der Waals surface area contributed by atoms with Crippen LogP contribution in [0.3, 0.4) is 0 Å². The highest BCUT2D eigenvalue weighted by molar-refractivity contribution is 5.95. The fraction of sp³-hybridized carbons (Fsp3) is 0.200. The Balaban J connectivity index is 1.63. The number of aryl methyl sites for hydroxylation is 1. The Bertz CT molecular complexity index is 852. The van der Waals surface area contributed by atoms with Crippen LogP contribution >= 0.6 is 0 Å². The highest BCUT2D eigenvalue weighted by Crippen LogP contribution is 2.09. The number of hydrogen-bond acceptors (Lipinski definition) is 5. The number of carbonyl (C=O) groups excluding carboxylic acids is 4. The fourth-order valence-electron chi connectivity index (χ4n) is 2.20. The first-order valence-corrected chi connectivity index (χ1v) is 8.60. The maximum atomic E-state index is 11.8. The van der Waals surface area contributed by atoms with E-state index in [1.165, 1.54) is 0 Å². The average Bonchev–Trinajstić information content (AvgIpc) is 2.69. The number of esters is 1. The highest BCUT2D eigenvalue weighted by atomic mass is 16.5. The van der Waals surface area contributed by atoms with Gasteiger partial charge in [-0.3, -0.25) is 30.0 Å². The van der Waals surface area contributed by atoms with Gasteiger partial charge >= 0.3 is 5.97 Å². The van der Waals surface area contributed by atoms with E-state index in [0.29, 0.717) is 11.3 Å². The van der Waals surface area contributed by atoms with Crippen molar-refractivity contribution in [3.8, 4) is 0 Å². The molecule has 2 aromatic rings. The summed E-state index contributed by atoms with van der Waals surface area (Å²) in [5.41, 5.74) is 6.45. The third-order valence-electron chi connectivity index (χ3n) is 3.57. The van der Waals surface area contributed by atoms with Crippen LogP contribution in [-0.4, -0.2) is 30.3 Å². The second-order valence-electron chi connectivity index (χ2n) is 5.95. The smallest absolute Gasteiger partial charge is 0.306 e. The maximum absolute atomic E-state index is 11.8. The quantitative estimate of drug-likeness (QED) is 0.498. The summed E-state index contributed by atoms with van der Waals surface area (Å²) in [7, 11) is 0. The van der Waals surface area contributed by atoms with Crippen molar-refractivity contribution in [1.29, 1.82) is 0 Å². The zero-order valence-corrected chi connectivity index (χ0v) is 15.4. The number of hydrazine groups is 1. The van der Waals surface area contributed by atoms with Gasteiger partial charge in [0.25, 0.3) is 11.8 Å². The number of nitrogens with one attached hydrogen (secondary N) is 3. The van der Waals surface area contributed by atoms with E-state index in [2.05, 4.69) is 16.2 Å². The Kier molecular flexibility index (Phi) is 7.71. The van der Waals surface area contributed by atoms with E-state index in [9.17, 15) is 19.2 Å². The molecule has 8 nitrogen and oxygen atoms in total. The van der Waals surface area contributed by atoms with Gasteiger partial charge in [-0.15, -0.1) is 0 Å². The molecule has 0 aliphatic carbocycles. The molecule has 2 rings (SSSR count). The van der Waals surface area contributed by atoms with Gasteiger partial charge in [0.05, 0.1) is 6.42 Å². The lowest BCUT2D eigenvalue weighted by molar-refractivity contribution is -0.148. The molecule has 3 amide bonds. The number of hydrogen-bond donors (Lipinski definition) is 3. The number of carbonyl (C=O) groups is 4. The van der Waals surface area contributed by atoms with Gasteiger partial charge in [0, 0.05) is 17.7 Å². The molecule has 8 heteroatoms. The fourth-order valence-corrected chi connectivity index (χ4v) is 2.20. The van der Waals surface area contributed by atoms with E-state index >= 15 is 0 Å². The number of ether oxygens (including phenoxy) is 1. The summed E-state index contributed by atoms with van der Waals surface area (Å²) in [5.74, 6) is -2.18. The Labute approximate surface area is 162 Å². The summed E-state index contributed by atoms with van der Waals surface area (Å²) < 4.78 is 4.83. The van der Waals surface area contributed by atoms with Crippen LogP contribution in [0.1, 0.15) is 28.8 Å². The van der Waals surface area contributed by atoms with Crippen molar-refractivity contribution in [2.75, 3.05) is 11.9 Å². The van der Waals surface area contributed by atoms with Crippen molar-refractivity contribution in [3.63, 3.8) is 0 Å². The summed E-state index contributed by atoms with van der Waals surface area (Å²) in [6.45, 7) is 1.45. The van der Waals surface area contributed by atoms with Gasteiger partial charge in [-0.2, -0.15) is 0 Å². The van der Waals surface area contributed by atoms with Gasteiger partial charge in [0.15, 0.2) is 6.61 Å². The molecule has 0 spiro atoms. The normalized spacial score (nSPS) is 9.89. The lowest BCUT2D eigenvalue weighted by atomic mass is 10.2. The van der Waals surface area contributed by atoms with Gasteiger partial charge in [0.2, 0.25) is 5.91 Å². The molecular formula is C20H21N3O5. The highest BCUT2D eigenvalue weighted by Gasteiger charge is 2.12. The van der Waals surface area contributed by atoms with Gasteiger partial charge in [-0.25, -0.2) is 0 Å². The minimum Gasteiger partial charge on any atom is -0.456 e. The van der Waals surface area contributed by atoms with Crippen molar-refractivity contribution in [3.05, 3.63) is 65.7 Å². The molecule has 0 aliphatic rings. The largest absolute Gasteiger partial charge is 0.456 e. The van der Waals surface area contributed by atoms with Crippen molar-refractivity contribution in [1.82, 2.24) is 10.9 Å². The lowest BCUT2D eigenvalue weighted by Crippen LogP contribution is -2.41. The van der Waals surface area contributed by atoms with Crippen LogP contribution < -0.4 is 16.2 Å². The van der Waals surface area contributed by atoms with Crippen molar-refractivity contribution in [2.45, 2.75) is 19.8 Å². The summed E-state index contributed by atoms with van der Waals surface area (Å²) >= 11 is 0. The molecule has 0 fully saturated rings. The van der Waals surface area contributed by atoms with Crippen molar-refractivity contribution >= 4 is 29.4 Å². The molecule has 0 radical (unpaired) electrons. The first kappa shape index (κ1) is 20.6. The molecule has 0 aromatic heterocycles. The average molecular weight is 383 g/mol. The van der Waals surface area contributed by atoms with E-state index in [-0.39, 0.29) is 12.8 Å². The number of rotatable bonds is 7. The Hall–Kier alpha value is -3.68. The van der Waals surface area contributed by atoms with Crippen LogP contribution in [0.4, 0.5) is 5.69 Å². The molecule has 0 saturated carbocycles. The van der Waals surface area contributed by atoms with Crippen LogP contribution in [0.5, 0.6) is 0 Å². The molecular weight excluding hydrogens is 362 g/mol. The minimum absolute atomic E-state index is 0.187. The minimum atomic E-state index is -0.691. The van der Waals surface area contributed by atoms with E-state index in [1.807, 2.05) is 13.0 Å². The number of anilines is 1. The molecule has 3 N–H and O–H groups in total. The van der Waals surface area contributed by atoms with Crippen LogP contribution in [-0.2, 0) is 19.1 Å². The zero-order valence-electron chi connectivity index (χ0n) is 15.4. The van der Waals surface area contributed by atoms with Crippen molar-refractivity contribution in [2.24, 2.45) is 0 Å². The Morgan fingerprint density at radius 2 is 1.61 bits per heavy atom. The van der Waals surface area contributed by atoms with Crippen LogP contribution in [0.15, 0.2) is 54.6 Å². The zero-order chi connectivity index (χ0) is 20.4. The molecule has 0 aliphatic heterocycles. The molecule has 0 bridgehead atoms. The second kappa shape index (κ2) is 10.5. The standard InChI is InChI=1S/C20H21N3O5/c1-14-6-5-9-16(12-14)21-18(25)13-28-19(26)11-10-17(24)22-23-20(27)15-7-3-2-4-8-15/h2-9,12H,10-11,13H2,1H3,(H,21,25)(H,22,24)(H,23,27). The third-order valence-corrected chi connectivity index (χ3v) is 3.57. The first-order chi connectivity index (χ1) is 13.4. The number of amides is 3. The molecule has 0 saturated heterocycles. The Morgan fingerprint density at radius 1 is 0.857 bits per heavy atom. The van der Waals surface area contributed by atoms with E-state index < -0.39 is 30.3 Å². The maximum Gasteiger partial charge on any atom is 0.306 e. The molecule has 0 heterocycles. The van der Waals surface area contributed by atoms with Crippen LogP contribution in [0.25, 0.3) is 0 Å². The lowest BCUT2D eigenvalue weighted by Gasteiger charge is -2.08. The van der Waals surface area contributed by atoms with E-state index in [1.54, 1.807) is 48.5 Å². The second-order valence-corrected chi connectivity index (χ2v) is 5.95. The molecule has 0 atom stereocenters. The number of benzene rings is 2.